The fourth-order valence-corrected chi connectivity index (χ4v) is 3.35. The molecule has 0 radical (unpaired) electrons. The van der Waals surface area contributed by atoms with Crippen LogP contribution in [0.1, 0.15) is 18.1 Å². The number of carbonyl (C=O) groups is 3. The number of H-pyrrole nitrogens is 1. The molecule has 7 nitrogen and oxygen atoms in total. The van der Waals surface area contributed by atoms with Crippen LogP contribution < -0.4 is 10.6 Å². The number of carboxylic acid groups (broad SMARTS) is 1. The highest BCUT2D eigenvalue weighted by atomic mass is 19.1. The number of halogens is 1. The predicted molar refractivity (Wildman–Crippen MR) is 109 cm³/mol. The zero-order chi connectivity index (χ0) is 21.7. The van der Waals surface area contributed by atoms with Crippen LogP contribution in [-0.4, -0.2) is 40.0 Å². The molecule has 2 amide bonds. The Balaban J connectivity index is 1.76. The van der Waals surface area contributed by atoms with E-state index in [4.69, 9.17) is 0 Å². The number of rotatable bonds is 8. The van der Waals surface area contributed by atoms with Gasteiger partial charge in [-0.2, -0.15) is 0 Å². The first-order valence-corrected chi connectivity index (χ1v) is 9.43. The normalized spacial score (nSPS) is 12.9. The quantitative estimate of drug-likeness (QED) is 0.455. The minimum absolute atomic E-state index is 0.0304. The first kappa shape index (κ1) is 21.0. The van der Waals surface area contributed by atoms with Crippen molar-refractivity contribution in [1.82, 2.24) is 15.6 Å². The number of aromatic amines is 1. The third kappa shape index (κ3) is 5.22. The van der Waals surface area contributed by atoms with Crippen molar-refractivity contribution in [3.05, 3.63) is 71.7 Å². The summed E-state index contributed by atoms with van der Waals surface area (Å²) >= 11 is 0. The average Bonchev–Trinajstić information content (AvgIpc) is 3.09. The number of carbonyl (C=O) groups excluding carboxylic acids is 2. The second kappa shape index (κ2) is 9.21. The molecule has 0 aliphatic heterocycles. The van der Waals surface area contributed by atoms with Crippen LogP contribution in [0, 0.1) is 5.82 Å². The Morgan fingerprint density at radius 1 is 1.03 bits per heavy atom. The monoisotopic (exact) mass is 411 g/mol. The van der Waals surface area contributed by atoms with Crippen LogP contribution in [0.2, 0.25) is 0 Å². The highest BCUT2D eigenvalue weighted by Crippen LogP contribution is 2.19. The lowest BCUT2D eigenvalue weighted by Crippen LogP contribution is -2.52. The molecule has 30 heavy (non-hydrogen) atoms. The average molecular weight is 411 g/mol. The number of hydrogen-bond acceptors (Lipinski definition) is 3. The van der Waals surface area contributed by atoms with Crippen LogP contribution in [0.4, 0.5) is 4.39 Å². The van der Waals surface area contributed by atoms with Gasteiger partial charge >= 0.3 is 5.97 Å². The minimum atomic E-state index is -1.19. The van der Waals surface area contributed by atoms with Crippen molar-refractivity contribution in [2.45, 2.75) is 31.8 Å². The number of hydrogen-bond donors (Lipinski definition) is 4. The third-order valence-corrected chi connectivity index (χ3v) is 4.74. The molecule has 0 fully saturated rings. The Labute approximate surface area is 172 Å². The number of amides is 2. The van der Waals surface area contributed by atoms with E-state index in [9.17, 15) is 23.9 Å². The largest absolute Gasteiger partial charge is 0.480 e. The van der Waals surface area contributed by atoms with Crippen molar-refractivity contribution in [3.63, 3.8) is 0 Å². The lowest BCUT2D eigenvalue weighted by molar-refractivity contribution is -0.142. The van der Waals surface area contributed by atoms with Crippen LogP contribution >= 0.6 is 0 Å². The summed E-state index contributed by atoms with van der Waals surface area (Å²) in [5.41, 5.74) is 2.12. The molecule has 3 rings (SSSR count). The lowest BCUT2D eigenvalue weighted by atomic mass is 10.0. The number of benzene rings is 2. The van der Waals surface area contributed by atoms with E-state index in [1.54, 1.807) is 12.3 Å². The van der Waals surface area contributed by atoms with Crippen LogP contribution in [0.3, 0.4) is 0 Å². The molecule has 0 spiro atoms. The van der Waals surface area contributed by atoms with Gasteiger partial charge in [-0.1, -0.05) is 30.3 Å². The molecule has 0 saturated heterocycles. The van der Waals surface area contributed by atoms with E-state index in [2.05, 4.69) is 15.6 Å². The topological polar surface area (TPSA) is 111 Å². The van der Waals surface area contributed by atoms with E-state index in [-0.39, 0.29) is 12.8 Å². The van der Waals surface area contributed by atoms with E-state index >= 15 is 0 Å². The lowest BCUT2D eigenvalue weighted by Gasteiger charge is -2.21. The molecule has 4 N–H and O–H groups in total. The fourth-order valence-electron chi connectivity index (χ4n) is 3.35. The molecular formula is C22H22FN3O4. The molecule has 8 heteroatoms. The van der Waals surface area contributed by atoms with Crippen molar-refractivity contribution in [1.29, 1.82) is 0 Å². The predicted octanol–water partition coefficient (Wildman–Crippen LogP) is 2.17. The standard InChI is InChI=1S/C22H22FN3O4/c1-13(27)25-19(10-14-5-4-6-16(23)9-14)21(28)26-20(22(29)30)11-15-12-24-18-8-3-2-7-17(15)18/h2-9,12,19-20,24H,10-11H2,1H3,(H,25,27)(H,26,28)(H,29,30)/t19-,20+/m1/s1. The zero-order valence-corrected chi connectivity index (χ0v) is 16.3. The van der Waals surface area contributed by atoms with Crippen LogP contribution in [0.15, 0.2) is 54.7 Å². The Morgan fingerprint density at radius 3 is 2.50 bits per heavy atom. The molecule has 2 aromatic carbocycles. The molecular weight excluding hydrogens is 389 g/mol. The first-order valence-electron chi connectivity index (χ1n) is 9.43. The molecule has 0 aliphatic rings. The summed E-state index contributed by atoms with van der Waals surface area (Å²) in [7, 11) is 0. The maximum Gasteiger partial charge on any atom is 0.326 e. The van der Waals surface area contributed by atoms with Gasteiger partial charge in [0.15, 0.2) is 0 Å². The molecule has 0 unspecified atom stereocenters. The van der Waals surface area contributed by atoms with Gasteiger partial charge in [-0.25, -0.2) is 9.18 Å². The summed E-state index contributed by atoms with van der Waals surface area (Å²) in [5, 5.41) is 15.5. The third-order valence-electron chi connectivity index (χ3n) is 4.74. The van der Waals surface area contributed by atoms with E-state index in [1.807, 2.05) is 24.3 Å². The molecule has 0 bridgehead atoms. The van der Waals surface area contributed by atoms with Crippen LogP contribution in [0.25, 0.3) is 10.9 Å². The van der Waals surface area contributed by atoms with Crippen molar-refractivity contribution >= 4 is 28.7 Å². The summed E-state index contributed by atoms with van der Waals surface area (Å²) in [6.07, 6.45) is 1.81. The molecule has 0 saturated carbocycles. The molecule has 3 aromatic rings. The number of para-hydroxylation sites is 1. The van der Waals surface area contributed by atoms with Gasteiger partial charge < -0.3 is 20.7 Å². The summed E-state index contributed by atoms with van der Waals surface area (Å²) in [4.78, 5) is 39.2. The first-order chi connectivity index (χ1) is 14.3. The molecule has 0 aliphatic carbocycles. The summed E-state index contributed by atoms with van der Waals surface area (Å²) in [5.74, 6) is -2.75. The number of nitrogens with one attached hydrogen (secondary N) is 3. The van der Waals surface area contributed by atoms with Crippen molar-refractivity contribution in [2.75, 3.05) is 0 Å². The second-order valence-electron chi connectivity index (χ2n) is 7.05. The van der Waals surface area contributed by atoms with Gasteiger partial charge in [-0.3, -0.25) is 9.59 Å². The van der Waals surface area contributed by atoms with Crippen molar-refractivity contribution in [2.24, 2.45) is 0 Å². The highest BCUT2D eigenvalue weighted by molar-refractivity contribution is 5.91. The maximum absolute atomic E-state index is 13.5. The Bertz CT molecular complexity index is 1080. The van der Waals surface area contributed by atoms with Gasteiger partial charge in [0.2, 0.25) is 11.8 Å². The fraction of sp³-hybridized carbons (Fsp3) is 0.227. The summed E-state index contributed by atoms with van der Waals surface area (Å²) in [6.45, 7) is 1.26. The van der Waals surface area contributed by atoms with Crippen molar-refractivity contribution < 1.29 is 23.9 Å². The van der Waals surface area contributed by atoms with E-state index in [1.165, 1.54) is 25.1 Å². The van der Waals surface area contributed by atoms with E-state index < -0.39 is 35.7 Å². The van der Waals surface area contributed by atoms with Gasteiger partial charge in [0, 0.05) is 36.9 Å². The van der Waals surface area contributed by atoms with Crippen molar-refractivity contribution in [3.8, 4) is 0 Å². The van der Waals surface area contributed by atoms with E-state index in [0.29, 0.717) is 5.56 Å². The number of fused-ring (bicyclic) bond motifs is 1. The summed E-state index contributed by atoms with van der Waals surface area (Å²) < 4.78 is 13.5. The SMILES string of the molecule is CC(=O)N[C@H](Cc1cccc(F)c1)C(=O)N[C@@H](Cc1c[nH]c2ccccc12)C(=O)O. The molecule has 1 heterocycles. The highest BCUT2D eigenvalue weighted by Gasteiger charge is 2.27. The van der Waals surface area contributed by atoms with E-state index in [0.717, 1.165) is 16.5 Å². The number of carboxylic acids is 1. The van der Waals surface area contributed by atoms with Gasteiger partial charge in [0.05, 0.1) is 0 Å². The minimum Gasteiger partial charge on any atom is -0.480 e. The maximum atomic E-state index is 13.5. The van der Waals surface area contributed by atoms with Crippen LogP contribution in [0.5, 0.6) is 0 Å². The van der Waals surface area contributed by atoms with Gasteiger partial charge in [-0.15, -0.1) is 0 Å². The van der Waals surface area contributed by atoms with Gasteiger partial charge in [-0.05, 0) is 29.3 Å². The molecule has 2 atom stereocenters. The smallest absolute Gasteiger partial charge is 0.326 e. The number of aromatic nitrogens is 1. The second-order valence-corrected chi connectivity index (χ2v) is 7.05. The molecule has 1 aromatic heterocycles. The Kier molecular flexibility index (Phi) is 6.46. The zero-order valence-electron chi connectivity index (χ0n) is 16.3. The Morgan fingerprint density at radius 2 is 1.80 bits per heavy atom. The van der Waals surface area contributed by atoms with Gasteiger partial charge in [0.1, 0.15) is 17.9 Å². The van der Waals surface area contributed by atoms with Crippen LogP contribution in [-0.2, 0) is 27.2 Å². The molecule has 156 valence electrons. The van der Waals surface area contributed by atoms with Gasteiger partial charge in [0.25, 0.3) is 0 Å². The number of aliphatic carboxylic acids is 1. The summed E-state index contributed by atoms with van der Waals surface area (Å²) in [6, 6.07) is 10.9. The Hall–Kier alpha value is -3.68.